The molecule has 0 aliphatic carbocycles. The summed E-state index contributed by atoms with van der Waals surface area (Å²) in [6.07, 6.45) is 25.3. The molecule has 0 radical (unpaired) electrons. The summed E-state index contributed by atoms with van der Waals surface area (Å²) in [5.74, 6) is 0. The molecule has 3 aliphatic rings. The van der Waals surface area contributed by atoms with E-state index in [-0.39, 0.29) is 37.1 Å². The fourth-order valence-corrected chi connectivity index (χ4v) is 6.16. The first-order chi connectivity index (χ1) is 18.8. The fourth-order valence-electron chi connectivity index (χ4n) is 6.16. The van der Waals surface area contributed by atoms with Crippen molar-refractivity contribution in [3.63, 3.8) is 0 Å². The molecule has 3 saturated heterocycles. The van der Waals surface area contributed by atoms with Gasteiger partial charge in [0.1, 0.15) is 20.4 Å². The minimum absolute atomic E-state index is 0.0804. The molecule has 0 spiro atoms. The van der Waals surface area contributed by atoms with Crippen molar-refractivity contribution in [2.45, 2.75) is 172 Å². The van der Waals surface area contributed by atoms with Crippen LogP contribution in [0.3, 0.4) is 0 Å². The molecule has 3 heterocycles. The van der Waals surface area contributed by atoms with E-state index in [1.54, 1.807) is 0 Å². The molecule has 0 aromatic rings. The molecule has 0 aromatic heterocycles. The average Bonchev–Trinajstić information content (AvgIpc) is 2.92. The van der Waals surface area contributed by atoms with Crippen molar-refractivity contribution in [2.24, 2.45) is 0 Å². The molecule has 38 heavy (non-hydrogen) atoms. The number of hydrogen-bond acceptors (Lipinski definition) is 7. The smallest absolute Gasteiger partial charge is 0.147 e. The molecule has 7 heteroatoms. The standard InChI is InChI=1S/C31H58O7/c1-2-3-4-5-6-7-8-9-10-11-12-13-14-15-26-18-28(35-23-33-26)20-30-22-31(38-25-37-30)21-29-19-27(16-17-32)34-24-36-29/h26-32H,2-25H2,1H3/t26-,27-,28+,29+,30-,31-/m0/s1. The zero-order valence-electron chi connectivity index (χ0n) is 24.3. The van der Waals surface area contributed by atoms with Gasteiger partial charge in [0.05, 0.1) is 36.6 Å². The van der Waals surface area contributed by atoms with Crippen LogP contribution < -0.4 is 0 Å². The molecular formula is C31H58O7. The van der Waals surface area contributed by atoms with E-state index in [1.165, 1.54) is 83.5 Å². The summed E-state index contributed by atoms with van der Waals surface area (Å²) in [5, 5.41) is 9.19. The maximum absolute atomic E-state index is 9.19. The minimum atomic E-state index is 0.0804. The van der Waals surface area contributed by atoms with Crippen LogP contribution in [0, 0.1) is 0 Å². The second-order valence-corrected chi connectivity index (χ2v) is 11.8. The van der Waals surface area contributed by atoms with Gasteiger partial charge in [-0.1, -0.05) is 90.4 Å². The van der Waals surface area contributed by atoms with Gasteiger partial charge in [-0.2, -0.15) is 0 Å². The lowest BCUT2D eigenvalue weighted by Crippen LogP contribution is -2.40. The van der Waals surface area contributed by atoms with E-state index in [1.807, 2.05) is 0 Å². The molecule has 3 rings (SSSR count). The Morgan fingerprint density at radius 1 is 0.447 bits per heavy atom. The van der Waals surface area contributed by atoms with Crippen LogP contribution in [-0.4, -0.2) is 68.7 Å². The van der Waals surface area contributed by atoms with E-state index in [2.05, 4.69) is 6.92 Å². The largest absolute Gasteiger partial charge is 0.396 e. The molecule has 7 nitrogen and oxygen atoms in total. The van der Waals surface area contributed by atoms with Crippen LogP contribution in [0.4, 0.5) is 0 Å². The van der Waals surface area contributed by atoms with Crippen molar-refractivity contribution >= 4 is 0 Å². The second kappa shape index (κ2) is 20.6. The number of aliphatic hydroxyl groups is 1. The molecule has 224 valence electrons. The summed E-state index contributed by atoms with van der Waals surface area (Å²) in [4.78, 5) is 0. The van der Waals surface area contributed by atoms with Gasteiger partial charge >= 0.3 is 0 Å². The summed E-state index contributed by atoms with van der Waals surface area (Å²) >= 11 is 0. The van der Waals surface area contributed by atoms with Crippen molar-refractivity contribution in [3.8, 4) is 0 Å². The van der Waals surface area contributed by atoms with Gasteiger partial charge in [0, 0.05) is 38.7 Å². The number of ether oxygens (including phenoxy) is 6. The molecule has 0 unspecified atom stereocenters. The Morgan fingerprint density at radius 2 is 0.789 bits per heavy atom. The quantitative estimate of drug-likeness (QED) is 0.166. The monoisotopic (exact) mass is 542 g/mol. The van der Waals surface area contributed by atoms with Crippen LogP contribution in [0.1, 0.15) is 135 Å². The summed E-state index contributed by atoms with van der Waals surface area (Å²) in [7, 11) is 0. The first kappa shape index (κ1) is 32.2. The molecule has 0 aromatic carbocycles. The SMILES string of the molecule is CCCCCCCCCCCCCCC[C@H]1C[C@H](C[C@H]2C[C@H](C[C@H]3C[C@H](CCO)OCO3)OCO2)OCO1. The van der Waals surface area contributed by atoms with Gasteiger partial charge in [-0.15, -0.1) is 0 Å². The van der Waals surface area contributed by atoms with Gasteiger partial charge in [0.15, 0.2) is 0 Å². The lowest BCUT2D eigenvalue weighted by molar-refractivity contribution is -0.224. The topological polar surface area (TPSA) is 75.6 Å². The third kappa shape index (κ3) is 13.9. The summed E-state index contributed by atoms with van der Waals surface area (Å²) in [6, 6.07) is 0. The van der Waals surface area contributed by atoms with Gasteiger partial charge in [0.25, 0.3) is 0 Å². The zero-order valence-corrected chi connectivity index (χ0v) is 24.3. The minimum Gasteiger partial charge on any atom is -0.396 e. The highest BCUT2D eigenvalue weighted by Crippen LogP contribution is 2.29. The second-order valence-electron chi connectivity index (χ2n) is 11.8. The fraction of sp³-hybridized carbons (Fsp3) is 1.00. The highest BCUT2D eigenvalue weighted by Gasteiger charge is 2.32. The molecule has 0 saturated carbocycles. The third-order valence-electron chi connectivity index (χ3n) is 8.53. The van der Waals surface area contributed by atoms with Crippen LogP contribution in [-0.2, 0) is 28.4 Å². The van der Waals surface area contributed by atoms with E-state index < -0.39 is 0 Å². The Kier molecular flexibility index (Phi) is 17.5. The highest BCUT2D eigenvalue weighted by molar-refractivity contribution is 4.80. The van der Waals surface area contributed by atoms with Crippen LogP contribution in [0.15, 0.2) is 0 Å². The molecule has 6 atom stereocenters. The molecule has 3 aliphatic heterocycles. The Morgan fingerprint density at radius 3 is 1.21 bits per heavy atom. The van der Waals surface area contributed by atoms with E-state index >= 15 is 0 Å². The van der Waals surface area contributed by atoms with Gasteiger partial charge in [0.2, 0.25) is 0 Å². The highest BCUT2D eigenvalue weighted by atomic mass is 16.7. The molecule has 0 amide bonds. The molecule has 3 fully saturated rings. The Bertz CT molecular complexity index is 560. The lowest BCUT2D eigenvalue weighted by atomic mass is 9.94. The lowest BCUT2D eigenvalue weighted by Gasteiger charge is -2.37. The van der Waals surface area contributed by atoms with E-state index in [0.717, 1.165) is 38.5 Å². The number of hydrogen-bond donors (Lipinski definition) is 1. The Labute approximate surface area is 232 Å². The van der Waals surface area contributed by atoms with Crippen molar-refractivity contribution in [1.82, 2.24) is 0 Å². The average molecular weight is 543 g/mol. The van der Waals surface area contributed by atoms with Crippen LogP contribution >= 0.6 is 0 Å². The number of rotatable bonds is 20. The number of aliphatic hydroxyl groups excluding tert-OH is 1. The van der Waals surface area contributed by atoms with E-state index in [9.17, 15) is 5.11 Å². The summed E-state index contributed by atoms with van der Waals surface area (Å²) < 4.78 is 35.1. The predicted octanol–water partition coefficient (Wildman–Crippen LogP) is 7.03. The van der Waals surface area contributed by atoms with Crippen molar-refractivity contribution in [3.05, 3.63) is 0 Å². The van der Waals surface area contributed by atoms with Crippen LogP contribution in [0.2, 0.25) is 0 Å². The van der Waals surface area contributed by atoms with Gasteiger partial charge < -0.3 is 33.5 Å². The van der Waals surface area contributed by atoms with Crippen LogP contribution in [0.25, 0.3) is 0 Å². The number of unbranched alkanes of at least 4 members (excludes halogenated alkanes) is 12. The maximum Gasteiger partial charge on any atom is 0.147 e. The zero-order chi connectivity index (χ0) is 26.7. The Balaban J connectivity index is 1.19. The predicted molar refractivity (Wildman–Crippen MR) is 149 cm³/mol. The van der Waals surface area contributed by atoms with Crippen molar-refractivity contribution < 1.29 is 33.5 Å². The summed E-state index contributed by atoms with van der Waals surface area (Å²) in [5.41, 5.74) is 0. The Hall–Kier alpha value is -0.280. The van der Waals surface area contributed by atoms with E-state index in [0.29, 0.717) is 32.9 Å². The van der Waals surface area contributed by atoms with Crippen molar-refractivity contribution in [1.29, 1.82) is 0 Å². The van der Waals surface area contributed by atoms with Gasteiger partial charge in [-0.25, -0.2) is 0 Å². The first-order valence-electron chi connectivity index (χ1n) is 16.1. The molecule has 1 N–H and O–H groups in total. The van der Waals surface area contributed by atoms with Gasteiger partial charge in [-0.3, -0.25) is 0 Å². The van der Waals surface area contributed by atoms with Crippen molar-refractivity contribution in [2.75, 3.05) is 27.0 Å². The normalized spacial score (nSPS) is 30.5. The van der Waals surface area contributed by atoms with Gasteiger partial charge in [-0.05, 0) is 12.8 Å². The summed E-state index contributed by atoms with van der Waals surface area (Å²) in [6.45, 7) is 3.48. The third-order valence-corrected chi connectivity index (χ3v) is 8.53. The molecule has 0 bridgehead atoms. The molecular weight excluding hydrogens is 484 g/mol. The van der Waals surface area contributed by atoms with E-state index in [4.69, 9.17) is 28.4 Å². The first-order valence-corrected chi connectivity index (χ1v) is 16.1. The maximum atomic E-state index is 9.19. The van der Waals surface area contributed by atoms with Crippen LogP contribution in [0.5, 0.6) is 0 Å².